The van der Waals surface area contributed by atoms with Crippen LogP contribution in [0.2, 0.25) is 0 Å². The Kier molecular flexibility index (Phi) is 4.73. The normalized spacial score (nSPS) is 13.2. The second kappa shape index (κ2) is 7.72. The highest BCUT2D eigenvalue weighted by Crippen LogP contribution is 2.23. The van der Waals surface area contributed by atoms with Gasteiger partial charge in [0.15, 0.2) is 23.0 Å². The predicted molar refractivity (Wildman–Crippen MR) is 114 cm³/mol. The Bertz CT molecular complexity index is 1380. The Labute approximate surface area is 180 Å². The van der Waals surface area contributed by atoms with Crippen molar-refractivity contribution >= 4 is 28.7 Å². The molecule has 0 aliphatic heterocycles. The lowest BCUT2D eigenvalue weighted by Crippen LogP contribution is -2.27. The Morgan fingerprint density at radius 3 is 2.66 bits per heavy atom. The largest absolute Gasteiger partial charge is 0.385 e. The Hall–Kier alpha value is -4.35. The van der Waals surface area contributed by atoms with Gasteiger partial charge in [0.05, 0.1) is 24.3 Å². The fourth-order valence-corrected chi connectivity index (χ4v) is 3.17. The summed E-state index contributed by atoms with van der Waals surface area (Å²) in [7, 11) is 1.72. The van der Waals surface area contributed by atoms with E-state index in [2.05, 4.69) is 36.0 Å². The van der Waals surface area contributed by atoms with Crippen LogP contribution in [0.4, 0.5) is 21.6 Å². The number of nitrogens with one attached hydrogen (secondary N) is 3. The molecule has 1 aliphatic carbocycles. The van der Waals surface area contributed by atoms with E-state index >= 15 is 0 Å². The molecule has 1 aliphatic rings. The number of imidazole rings is 1. The molecule has 4 heterocycles. The van der Waals surface area contributed by atoms with E-state index in [1.54, 1.807) is 25.2 Å². The van der Waals surface area contributed by atoms with Gasteiger partial charge in [-0.25, -0.2) is 23.9 Å². The van der Waals surface area contributed by atoms with Crippen LogP contribution in [0, 0.1) is 5.82 Å². The summed E-state index contributed by atoms with van der Waals surface area (Å²) in [5.41, 5.74) is 1.12. The van der Waals surface area contributed by atoms with Crippen molar-refractivity contribution < 1.29 is 9.18 Å². The van der Waals surface area contributed by atoms with Gasteiger partial charge in [0.25, 0.3) is 11.5 Å². The Balaban J connectivity index is 1.52. The van der Waals surface area contributed by atoms with E-state index in [9.17, 15) is 14.0 Å². The summed E-state index contributed by atoms with van der Waals surface area (Å²) >= 11 is 0. The minimum atomic E-state index is -0.602. The van der Waals surface area contributed by atoms with E-state index in [4.69, 9.17) is 0 Å². The molecule has 12 heteroatoms. The highest BCUT2D eigenvalue weighted by Gasteiger charge is 2.26. The number of hydrogen-bond acceptors (Lipinski definition) is 8. The molecule has 0 atom stereocenters. The smallest absolute Gasteiger partial charge is 0.281 e. The van der Waals surface area contributed by atoms with Gasteiger partial charge in [-0.15, -0.1) is 5.10 Å². The van der Waals surface area contributed by atoms with Crippen molar-refractivity contribution in [1.29, 1.82) is 0 Å². The first-order valence-electron chi connectivity index (χ1n) is 9.87. The molecule has 3 N–H and O–H groups in total. The van der Waals surface area contributed by atoms with Gasteiger partial charge in [0.2, 0.25) is 5.95 Å². The van der Waals surface area contributed by atoms with Gasteiger partial charge in [-0.1, -0.05) is 0 Å². The summed E-state index contributed by atoms with van der Waals surface area (Å²) in [6.45, 7) is 0. The molecule has 1 saturated carbocycles. The molecule has 0 aromatic carbocycles. The topological polar surface area (TPSA) is 131 Å². The van der Waals surface area contributed by atoms with E-state index in [0.29, 0.717) is 17.2 Å². The molecule has 4 aromatic rings. The number of aromatic nitrogens is 6. The maximum absolute atomic E-state index is 13.1. The third-order valence-corrected chi connectivity index (χ3v) is 4.91. The lowest BCUT2D eigenvalue weighted by atomic mass is 10.3. The average molecular weight is 435 g/mol. The summed E-state index contributed by atoms with van der Waals surface area (Å²) < 4.78 is 15.7. The number of pyridine rings is 1. The van der Waals surface area contributed by atoms with Crippen molar-refractivity contribution in [3.63, 3.8) is 0 Å². The maximum Gasteiger partial charge on any atom is 0.281 e. The standard InChI is InChI=1S/C20H18FN9O2/c1-22-14-7-16(28-30-15(10-23-17(14)30)18(31)26-12-4-5-12)27-13-3-2-6-29(19(13)32)20-24-8-11(21)9-25-20/h2-3,6-10,12,22H,4-5H2,1H3,(H,26,31)(H,27,28). The molecule has 1 fully saturated rings. The van der Waals surface area contributed by atoms with E-state index in [1.165, 1.54) is 21.5 Å². The molecule has 5 rings (SSSR count). The molecule has 32 heavy (non-hydrogen) atoms. The van der Waals surface area contributed by atoms with E-state index in [1.807, 2.05) is 0 Å². The molecule has 0 saturated heterocycles. The first kappa shape index (κ1) is 19.6. The monoisotopic (exact) mass is 435 g/mol. The molecule has 0 spiro atoms. The first-order valence-corrected chi connectivity index (χ1v) is 9.87. The number of fused-ring (bicyclic) bond motifs is 1. The lowest BCUT2D eigenvalue weighted by molar-refractivity contribution is 0.0944. The predicted octanol–water partition coefficient (Wildman–Crippen LogP) is 1.49. The molecule has 0 bridgehead atoms. The van der Waals surface area contributed by atoms with Crippen molar-refractivity contribution in [2.45, 2.75) is 18.9 Å². The lowest BCUT2D eigenvalue weighted by Gasteiger charge is -2.11. The summed E-state index contributed by atoms with van der Waals surface area (Å²) in [6, 6.07) is 5.06. The number of amides is 1. The summed E-state index contributed by atoms with van der Waals surface area (Å²) in [6.07, 6.45) is 6.83. The molecule has 11 nitrogen and oxygen atoms in total. The molecular weight excluding hydrogens is 417 g/mol. The van der Waals surface area contributed by atoms with Crippen molar-refractivity contribution in [1.82, 2.24) is 34.4 Å². The van der Waals surface area contributed by atoms with Crippen LogP contribution in [0.25, 0.3) is 11.6 Å². The van der Waals surface area contributed by atoms with Crippen molar-refractivity contribution in [2.75, 3.05) is 17.7 Å². The van der Waals surface area contributed by atoms with Crippen molar-refractivity contribution in [3.8, 4) is 5.95 Å². The molecule has 0 unspecified atom stereocenters. The highest BCUT2D eigenvalue weighted by atomic mass is 19.1. The van der Waals surface area contributed by atoms with Gasteiger partial charge in [0, 0.05) is 25.4 Å². The van der Waals surface area contributed by atoms with Gasteiger partial charge in [-0.2, -0.15) is 0 Å². The third kappa shape index (κ3) is 3.62. The van der Waals surface area contributed by atoms with Crippen LogP contribution < -0.4 is 21.5 Å². The zero-order valence-corrected chi connectivity index (χ0v) is 16.9. The summed E-state index contributed by atoms with van der Waals surface area (Å²) in [5.74, 6) is -0.513. The summed E-state index contributed by atoms with van der Waals surface area (Å²) in [5, 5.41) is 13.4. The van der Waals surface area contributed by atoms with Crippen molar-refractivity contribution in [2.24, 2.45) is 0 Å². The number of halogens is 1. The van der Waals surface area contributed by atoms with Crippen LogP contribution >= 0.6 is 0 Å². The first-order chi connectivity index (χ1) is 15.5. The quantitative estimate of drug-likeness (QED) is 0.415. The number of rotatable bonds is 6. The molecule has 0 radical (unpaired) electrons. The SMILES string of the molecule is CNc1cc(Nc2cccn(-c3ncc(F)cn3)c2=O)nn2c(C(=O)NC3CC3)cnc12. The summed E-state index contributed by atoms with van der Waals surface area (Å²) in [4.78, 5) is 37.5. The Morgan fingerprint density at radius 1 is 1.16 bits per heavy atom. The number of nitrogens with zero attached hydrogens (tertiary/aromatic N) is 6. The van der Waals surface area contributed by atoms with Crippen LogP contribution in [0.15, 0.2) is 47.8 Å². The fourth-order valence-electron chi connectivity index (χ4n) is 3.17. The van der Waals surface area contributed by atoms with E-state index in [0.717, 1.165) is 25.2 Å². The van der Waals surface area contributed by atoms with E-state index in [-0.39, 0.29) is 29.3 Å². The van der Waals surface area contributed by atoms with Gasteiger partial charge < -0.3 is 16.0 Å². The van der Waals surface area contributed by atoms with Crippen LogP contribution in [0.3, 0.4) is 0 Å². The fraction of sp³-hybridized carbons (Fsp3) is 0.200. The minimum absolute atomic E-state index is 0.0352. The number of carbonyl (C=O) groups excluding carboxylic acids is 1. The molecule has 4 aromatic heterocycles. The highest BCUT2D eigenvalue weighted by molar-refractivity contribution is 5.94. The molecule has 1 amide bonds. The zero-order valence-electron chi connectivity index (χ0n) is 16.9. The minimum Gasteiger partial charge on any atom is -0.385 e. The van der Waals surface area contributed by atoms with Crippen LogP contribution in [0.1, 0.15) is 23.3 Å². The third-order valence-electron chi connectivity index (χ3n) is 4.91. The van der Waals surface area contributed by atoms with E-state index < -0.39 is 11.4 Å². The second-order valence-electron chi connectivity index (χ2n) is 7.24. The number of carbonyl (C=O) groups is 1. The van der Waals surface area contributed by atoms with Gasteiger partial charge in [-0.05, 0) is 25.0 Å². The van der Waals surface area contributed by atoms with Crippen LogP contribution in [0.5, 0.6) is 0 Å². The number of hydrogen-bond donors (Lipinski definition) is 3. The second-order valence-corrected chi connectivity index (χ2v) is 7.24. The zero-order chi connectivity index (χ0) is 22.2. The average Bonchev–Trinajstić information content (AvgIpc) is 3.50. The molecule has 162 valence electrons. The van der Waals surface area contributed by atoms with Crippen LogP contribution in [-0.4, -0.2) is 48.1 Å². The van der Waals surface area contributed by atoms with Crippen LogP contribution in [-0.2, 0) is 0 Å². The maximum atomic E-state index is 13.1. The van der Waals surface area contributed by atoms with Gasteiger partial charge in [0.1, 0.15) is 5.69 Å². The van der Waals surface area contributed by atoms with Gasteiger partial charge in [-0.3, -0.25) is 14.2 Å². The Morgan fingerprint density at radius 2 is 1.94 bits per heavy atom. The molecular formula is C20H18FN9O2. The van der Waals surface area contributed by atoms with Gasteiger partial charge >= 0.3 is 0 Å². The number of anilines is 3. The van der Waals surface area contributed by atoms with Crippen molar-refractivity contribution in [3.05, 3.63) is 64.9 Å².